The number of rotatable bonds is 6. The predicted octanol–water partition coefficient (Wildman–Crippen LogP) is 2.21. The molecule has 1 aromatic rings. The molecule has 0 radical (unpaired) electrons. The normalized spacial score (nSPS) is 14.4. The molecule has 2 atom stereocenters. The van der Waals surface area contributed by atoms with Crippen LogP contribution in [0.5, 0.6) is 0 Å². The zero-order chi connectivity index (χ0) is 12.0. The highest BCUT2D eigenvalue weighted by atomic mass is 79.9. The van der Waals surface area contributed by atoms with Gasteiger partial charge < -0.3 is 10.1 Å². The maximum Gasteiger partial charge on any atom is 0.320 e. The average molecular weight is 306 g/mol. The van der Waals surface area contributed by atoms with E-state index < -0.39 is 0 Å². The lowest BCUT2D eigenvalue weighted by Gasteiger charge is -2.14. The molecular weight excluding hydrogens is 290 g/mol. The summed E-state index contributed by atoms with van der Waals surface area (Å²) in [7, 11) is 1.39. The van der Waals surface area contributed by atoms with Crippen LogP contribution in [0.1, 0.15) is 11.8 Å². The Bertz CT molecular complexity index is 316. The predicted molar refractivity (Wildman–Crippen MR) is 70.2 cm³/mol. The lowest BCUT2D eigenvalue weighted by molar-refractivity contribution is -0.139. The molecule has 5 heteroatoms. The third kappa shape index (κ3) is 4.63. The highest BCUT2D eigenvalue weighted by Gasteiger charge is 2.15. The summed E-state index contributed by atoms with van der Waals surface area (Å²) in [5, 5.41) is 5.37. The first-order valence-corrected chi connectivity index (χ1v) is 6.90. The number of alkyl halides is 1. The second kappa shape index (κ2) is 7.04. The maximum atomic E-state index is 11.1. The van der Waals surface area contributed by atoms with Crippen LogP contribution in [0.15, 0.2) is 17.5 Å². The molecule has 3 nitrogen and oxygen atoms in total. The molecule has 1 aromatic heterocycles. The van der Waals surface area contributed by atoms with Gasteiger partial charge in [0.2, 0.25) is 0 Å². The van der Waals surface area contributed by atoms with Crippen LogP contribution in [-0.4, -0.2) is 30.5 Å². The van der Waals surface area contributed by atoms with Crippen LogP contribution in [-0.2, 0) is 16.0 Å². The molecule has 1 heterocycles. The summed E-state index contributed by atoms with van der Waals surface area (Å²) in [5.74, 6) is -0.240. The van der Waals surface area contributed by atoms with Gasteiger partial charge >= 0.3 is 5.97 Å². The van der Waals surface area contributed by atoms with Gasteiger partial charge in [0.25, 0.3) is 0 Å². The zero-order valence-corrected chi connectivity index (χ0v) is 11.8. The summed E-state index contributed by atoms with van der Waals surface area (Å²) >= 11 is 5.03. The van der Waals surface area contributed by atoms with Crippen LogP contribution in [0.2, 0.25) is 0 Å². The fraction of sp³-hybridized carbons (Fsp3) is 0.545. The van der Waals surface area contributed by atoms with Crippen molar-refractivity contribution >= 4 is 33.2 Å². The molecule has 1 N–H and O–H groups in total. The van der Waals surface area contributed by atoms with Crippen molar-refractivity contribution in [3.05, 3.63) is 22.4 Å². The van der Waals surface area contributed by atoms with Crippen LogP contribution in [0, 0.1) is 0 Å². The number of carbonyl (C=O) groups is 1. The smallest absolute Gasteiger partial charge is 0.320 e. The van der Waals surface area contributed by atoms with Gasteiger partial charge in [-0.3, -0.25) is 4.79 Å². The summed E-state index contributed by atoms with van der Waals surface area (Å²) in [5.41, 5.74) is 0. The summed E-state index contributed by atoms with van der Waals surface area (Å²) in [4.78, 5) is 12.2. The number of thiophene rings is 1. The molecule has 2 unspecified atom stereocenters. The number of halogens is 1. The highest BCUT2D eigenvalue weighted by Crippen LogP contribution is 2.11. The molecular formula is C11H16BrNO2S. The Hall–Kier alpha value is -0.390. The molecule has 0 bridgehead atoms. The van der Waals surface area contributed by atoms with Crippen molar-refractivity contribution in [2.24, 2.45) is 0 Å². The first-order chi connectivity index (χ1) is 7.63. The van der Waals surface area contributed by atoms with Gasteiger partial charge in [0.15, 0.2) is 0 Å². The van der Waals surface area contributed by atoms with Crippen LogP contribution in [0.3, 0.4) is 0 Å². The number of carbonyl (C=O) groups excluding carboxylic acids is 1. The molecule has 1 rings (SSSR count). The number of hydrogen-bond donors (Lipinski definition) is 1. The minimum Gasteiger partial charge on any atom is -0.468 e. The van der Waals surface area contributed by atoms with Crippen LogP contribution >= 0.6 is 27.3 Å². The van der Waals surface area contributed by atoms with E-state index in [9.17, 15) is 4.79 Å². The first kappa shape index (κ1) is 13.7. The third-order valence-electron chi connectivity index (χ3n) is 2.19. The number of ether oxygens (including phenoxy) is 1. The minimum atomic E-state index is -0.275. The third-order valence-corrected chi connectivity index (χ3v) is 3.79. The van der Waals surface area contributed by atoms with E-state index in [2.05, 4.69) is 50.4 Å². The topological polar surface area (TPSA) is 38.3 Å². The Balaban J connectivity index is 2.24. The van der Waals surface area contributed by atoms with Crippen molar-refractivity contribution in [2.45, 2.75) is 24.2 Å². The van der Waals surface area contributed by atoms with Crippen LogP contribution in [0.4, 0.5) is 0 Å². The molecule has 16 heavy (non-hydrogen) atoms. The maximum absolute atomic E-state index is 11.1. The van der Waals surface area contributed by atoms with Gasteiger partial charge in [0.05, 0.1) is 7.11 Å². The Morgan fingerprint density at radius 1 is 1.69 bits per heavy atom. The Kier molecular flexibility index (Phi) is 6.01. The van der Waals surface area contributed by atoms with Crippen LogP contribution < -0.4 is 5.32 Å². The lowest BCUT2D eigenvalue weighted by atomic mass is 10.2. The number of nitrogens with one attached hydrogen (secondary N) is 1. The average Bonchev–Trinajstić information content (AvgIpc) is 2.77. The van der Waals surface area contributed by atoms with Gasteiger partial charge in [-0.25, -0.2) is 0 Å². The molecule has 0 aliphatic carbocycles. The second-order valence-corrected chi connectivity index (χ2v) is 5.72. The van der Waals surface area contributed by atoms with Crippen molar-refractivity contribution in [3.63, 3.8) is 0 Å². The molecule has 0 spiro atoms. The van der Waals surface area contributed by atoms with E-state index in [1.165, 1.54) is 12.0 Å². The zero-order valence-electron chi connectivity index (χ0n) is 9.40. The van der Waals surface area contributed by atoms with E-state index in [1.54, 1.807) is 11.3 Å². The van der Waals surface area contributed by atoms with E-state index >= 15 is 0 Å². The molecule has 0 fully saturated rings. The molecule has 0 aromatic carbocycles. The summed E-state index contributed by atoms with van der Waals surface area (Å²) in [6.45, 7) is 2.69. The van der Waals surface area contributed by atoms with Gasteiger partial charge in [-0.05, 0) is 24.8 Å². The largest absolute Gasteiger partial charge is 0.468 e. The van der Waals surface area contributed by atoms with Crippen molar-refractivity contribution in [1.29, 1.82) is 0 Å². The second-order valence-electron chi connectivity index (χ2n) is 3.58. The number of esters is 1. The molecule has 0 aliphatic heterocycles. The Morgan fingerprint density at radius 2 is 2.44 bits per heavy atom. The van der Waals surface area contributed by atoms with Gasteiger partial charge in [-0.15, -0.1) is 11.3 Å². The fourth-order valence-corrected chi connectivity index (χ4v) is 2.53. The van der Waals surface area contributed by atoms with Crippen molar-refractivity contribution in [2.75, 3.05) is 13.7 Å². The van der Waals surface area contributed by atoms with E-state index in [1.807, 2.05) is 0 Å². The molecule has 90 valence electrons. The van der Waals surface area contributed by atoms with Crippen molar-refractivity contribution in [1.82, 2.24) is 5.32 Å². The SMILES string of the molecule is COC(=O)C(Br)CNC(C)Cc1cccs1. The molecule has 0 aliphatic rings. The monoisotopic (exact) mass is 305 g/mol. The molecule has 0 amide bonds. The lowest BCUT2D eigenvalue weighted by Crippen LogP contribution is -2.36. The standard InChI is InChI=1S/C11H16BrNO2S/c1-8(6-9-4-3-5-16-9)13-7-10(12)11(14)15-2/h3-5,8,10,13H,6-7H2,1-2H3. The summed E-state index contributed by atoms with van der Waals surface area (Å²) in [6, 6.07) is 4.52. The van der Waals surface area contributed by atoms with Crippen LogP contribution in [0.25, 0.3) is 0 Å². The highest BCUT2D eigenvalue weighted by molar-refractivity contribution is 9.10. The summed E-state index contributed by atoms with van der Waals surface area (Å²) < 4.78 is 4.63. The van der Waals surface area contributed by atoms with Crippen molar-refractivity contribution < 1.29 is 9.53 Å². The fourth-order valence-electron chi connectivity index (χ4n) is 1.32. The van der Waals surface area contributed by atoms with E-state index in [-0.39, 0.29) is 10.8 Å². The summed E-state index contributed by atoms with van der Waals surface area (Å²) in [6.07, 6.45) is 0.985. The van der Waals surface area contributed by atoms with Gasteiger partial charge in [-0.1, -0.05) is 22.0 Å². The van der Waals surface area contributed by atoms with E-state index in [0.29, 0.717) is 12.6 Å². The molecule has 0 saturated carbocycles. The minimum absolute atomic E-state index is 0.240. The quantitative estimate of drug-likeness (QED) is 0.647. The molecule has 0 saturated heterocycles. The van der Waals surface area contributed by atoms with Gasteiger partial charge in [0, 0.05) is 17.5 Å². The Morgan fingerprint density at radius 3 is 3.00 bits per heavy atom. The van der Waals surface area contributed by atoms with E-state index in [4.69, 9.17) is 0 Å². The van der Waals surface area contributed by atoms with E-state index in [0.717, 1.165) is 6.42 Å². The van der Waals surface area contributed by atoms with Gasteiger partial charge in [-0.2, -0.15) is 0 Å². The number of methoxy groups -OCH3 is 1. The van der Waals surface area contributed by atoms with Crippen molar-refractivity contribution in [3.8, 4) is 0 Å². The van der Waals surface area contributed by atoms with Gasteiger partial charge in [0.1, 0.15) is 4.83 Å². The Labute approximate surface area is 108 Å². The first-order valence-electron chi connectivity index (χ1n) is 5.11. The number of hydrogen-bond acceptors (Lipinski definition) is 4.